The van der Waals surface area contributed by atoms with Gasteiger partial charge >= 0.3 is 0 Å². The van der Waals surface area contributed by atoms with E-state index in [1.165, 1.54) is 20.5 Å². The molecule has 3 heteroatoms. The van der Waals surface area contributed by atoms with Gasteiger partial charge in [0.05, 0.1) is 0 Å². The Kier molecular flexibility index (Phi) is 4.51. The Morgan fingerprint density at radius 3 is 2.80 bits per heavy atom. The van der Waals surface area contributed by atoms with Gasteiger partial charge in [0, 0.05) is 15.6 Å². The lowest BCUT2D eigenvalue weighted by Gasteiger charge is -2.17. The Labute approximate surface area is 128 Å². The average molecular weight is 301 g/mol. The molecule has 104 valence electrons. The van der Waals surface area contributed by atoms with E-state index in [-0.39, 0.29) is 0 Å². The molecule has 1 atom stereocenters. The summed E-state index contributed by atoms with van der Waals surface area (Å²) >= 11 is 3.71. The Hall–Kier alpha value is -1.16. The molecule has 0 aliphatic rings. The van der Waals surface area contributed by atoms with Gasteiger partial charge in [-0.15, -0.1) is 22.7 Å². The molecule has 1 nitrogen and oxygen atoms in total. The van der Waals surface area contributed by atoms with E-state index in [0.717, 1.165) is 19.4 Å². The molecule has 3 aromatic rings. The first-order valence-electron chi connectivity index (χ1n) is 7.10. The third-order valence-electron chi connectivity index (χ3n) is 3.60. The Bertz CT molecular complexity index is 655. The fraction of sp³-hybridized carbons (Fsp3) is 0.294. The van der Waals surface area contributed by atoms with Gasteiger partial charge in [-0.2, -0.15) is 0 Å². The summed E-state index contributed by atoms with van der Waals surface area (Å²) in [5, 5.41) is 9.55. The quantitative estimate of drug-likeness (QED) is 0.656. The van der Waals surface area contributed by atoms with Crippen molar-refractivity contribution in [1.29, 1.82) is 0 Å². The van der Waals surface area contributed by atoms with E-state index in [0.29, 0.717) is 6.04 Å². The zero-order chi connectivity index (χ0) is 13.8. The standard InChI is InChI=1S/C17H19NS2/c1-2-18-16(10-9-13-6-5-11-19-13)15-12-20-17-8-4-3-7-14(15)17/h3-8,11-12,16,18H,2,9-10H2,1H3. The molecule has 0 radical (unpaired) electrons. The molecule has 0 aliphatic carbocycles. The SMILES string of the molecule is CCNC(CCc1cccs1)c1csc2ccccc12. The molecule has 0 amide bonds. The maximum Gasteiger partial charge on any atom is 0.0346 e. The maximum atomic E-state index is 3.65. The van der Waals surface area contributed by atoms with Gasteiger partial charge in [-0.05, 0) is 53.2 Å². The molecule has 0 spiro atoms. The molecule has 1 N–H and O–H groups in total. The zero-order valence-electron chi connectivity index (χ0n) is 11.6. The van der Waals surface area contributed by atoms with Crippen molar-refractivity contribution in [2.45, 2.75) is 25.8 Å². The molecule has 2 heterocycles. The summed E-state index contributed by atoms with van der Waals surface area (Å²) in [6.07, 6.45) is 2.31. The van der Waals surface area contributed by atoms with Crippen LogP contribution in [0.2, 0.25) is 0 Å². The third-order valence-corrected chi connectivity index (χ3v) is 5.51. The van der Waals surface area contributed by atoms with Crippen LogP contribution in [-0.2, 0) is 6.42 Å². The van der Waals surface area contributed by atoms with Gasteiger partial charge in [-0.3, -0.25) is 0 Å². The van der Waals surface area contributed by atoms with Gasteiger partial charge in [0.25, 0.3) is 0 Å². The molecule has 2 aromatic heterocycles. The smallest absolute Gasteiger partial charge is 0.0346 e. The topological polar surface area (TPSA) is 12.0 Å². The molecule has 1 unspecified atom stereocenters. The number of rotatable bonds is 6. The summed E-state index contributed by atoms with van der Waals surface area (Å²) in [4.78, 5) is 1.48. The monoisotopic (exact) mass is 301 g/mol. The van der Waals surface area contributed by atoms with E-state index in [1.807, 2.05) is 22.7 Å². The molecule has 0 fully saturated rings. The second-order valence-corrected chi connectivity index (χ2v) is 6.86. The van der Waals surface area contributed by atoms with Crippen molar-refractivity contribution >= 4 is 32.8 Å². The Morgan fingerprint density at radius 2 is 2.00 bits per heavy atom. The molecule has 0 saturated heterocycles. The third kappa shape index (κ3) is 2.95. The first-order chi connectivity index (χ1) is 9.88. The van der Waals surface area contributed by atoms with Crippen molar-refractivity contribution in [2.75, 3.05) is 6.54 Å². The molecule has 1 aromatic carbocycles. The summed E-state index contributed by atoms with van der Waals surface area (Å²) < 4.78 is 1.39. The van der Waals surface area contributed by atoms with Crippen LogP contribution in [0.25, 0.3) is 10.1 Å². The average Bonchev–Trinajstić information content (AvgIpc) is 3.13. The number of aryl methyl sites for hydroxylation is 1. The summed E-state index contributed by atoms with van der Waals surface area (Å²) in [7, 11) is 0. The van der Waals surface area contributed by atoms with Crippen molar-refractivity contribution in [3.05, 3.63) is 57.6 Å². The van der Waals surface area contributed by atoms with E-state index in [1.54, 1.807) is 0 Å². The van der Waals surface area contributed by atoms with E-state index < -0.39 is 0 Å². The van der Waals surface area contributed by atoms with Crippen molar-refractivity contribution < 1.29 is 0 Å². The van der Waals surface area contributed by atoms with Gasteiger partial charge in [0.1, 0.15) is 0 Å². The largest absolute Gasteiger partial charge is 0.310 e. The Morgan fingerprint density at radius 1 is 1.10 bits per heavy atom. The fourth-order valence-electron chi connectivity index (χ4n) is 2.62. The highest BCUT2D eigenvalue weighted by atomic mass is 32.1. The van der Waals surface area contributed by atoms with Crippen molar-refractivity contribution in [2.24, 2.45) is 0 Å². The molecule has 0 aliphatic heterocycles. The van der Waals surface area contributed by atoms with Crippen LogP contribution in [0.15, 0.2) is 47.2 Å². The van der Waals surface area contributed by atoms with Crippen LogP contribution in [0.5, 0.6) is 0 Å². The number of hydrogen-bond donors (Lipinski definition) is 1. The normalized spacial score (nSPS) is 12.8. The van der Waals surface area contributed by atoms with Crippen LogP contribution in [-0.4, -0.2) is 6.54 Å². The maximum absolute atomic E-state index is 3.65. The minimum Gasteiger partial charge on any atom is -0.310 e. The number of hydrogen-bond acceptors (Lipinski definition) is 3. The molecular formula is C17H19NS2. The number of nitrogens with one attached hydrogen (secondary N) is 1. The zero-order valence-corrected chi connectivity index (χ0v) is 13.3. The van der Waals surface area contributed by atoms with Gasteiger partial charge in [-0.25, -0.2) is 0 Å². The number of benzene rings is 1. The summed E-state index contributed by atoms with van der Waals surface area (Å²) in [5.74, 6) is 0. The fourth-order valence-corrected chi connectivity index (χ4v) is 4.36. The Balaban J connectivity index is 1.82. The summed E-state index contributed by atoms with van der Waals surface area (Å²) in [6, 6.07) is 13.6. The van der Waals surface area contributed by atoms with E-state index in [9.17, 15) is 0 Å². The van der Waals surface area contributed by atoms with Gasteiger partial charge in [0.2, 0.25) is 0 Å². The van der Waals surface area contributed by atoms with Gasteiger partial charge in [-0.1, -0.05) is 31.2 Å². The number of fused-ring (bicyclic) bond motifs is 1. The first-order valence-corrected chi connectivity index (χ1v) is 8.86. The minimum absolute atomic E-state index is 0.457. The van der Waals surface area contributed by atoms with Crippen molar-refractivity contribution in [3.63, 3.8) is 0 Å². The van der Waals surface area contributed by atoms with Crippen LogP contribution in [0.1, 0.15) is 29.8 Å². The highest BCUT2D eigenvalue weighted by Crippen LogP contribution is 2.32. The predicted octanol–water partition coefficient (Wildman–Crippen LogP) is 5.25. The van der Waals surface area contributed by atoms with Crippen molar-refractivity contribution in [3.8, 4) is 0 Å². The lowest BCUT2D eigenvalue weighted by molar-refractivity contribution is 0.521. The van der Waals surface area contributed by atoms with E-state index in [4.69, 9.17) is 0 Å². The lowest BCUT2D eigenvalue weighted by atomic mass is 10.0. The first kappa shape index (κ1) is 13.8. The van der Waals surface area contributed by atoms with E-state index >= 15 is 0 Å². The second-order valence-electron chi connectivity index (χ2n) is 4.92. The lowest BCUT2D eigenvalue weighted by Crippen LogP contribution is -2.21. The molecule has 0 saturated carbocycles. The molecule has 20 heavy (non-hydrogen) atoms. The van der Waals surface area contributed by atoms with Crippen molar-refractivity contribution in [1.82, 2.24) is 5.32 Å². The van der Waals surface area contributed by atoms with Gasteiger partial charge < -0.3 is 5.32 Å². The van der Waals surface area contributed by atoms with Crippen LogP contribution in [0.3, 0.4) is 0 Å². The summed E-state index contributed by atoms with van der Waals surface area (Å²) in [6.45, 7) is 3.20. The minimum atomic E-state index is 0.457. The molecular weight excluding hydrogens is 282 g/mol. The molecule has 3 rings (SSSR count). The van der Waals surface area contributed by atoms with Crippen LogP contribution >= 0.6 is 22.7 Å². The highest BCUT2D eigenvalue weighted by Gasteiger charge is 2.15. The highest BCUT2D eigenvalue weighted by molar-refractivity contribution is 7.17. The second kappa shape index (κ2) is 6.53. The predicted molar refractivity (Wildman–Crippen MR) is 90.9 cm³/mol. The summed E-state index contributed by atoms with van der Waals surface area (Å²) in [5.41, 5.74) is 1.46. The van der Waals surface area contributed by atoms with Gasteiger partial charge in [0.15, 0.2) is 0 Å². The van der Waals surface area contributed by atoms with Crippen LogP contribution < -0.4 is 5.32 Å². The van der Waals surface area contributed by atoms with Crippen LogP contribution in [0.4, 0.5) is 0 Å². The molecule has 0 bridgehead atoms. The van der Waals surface area contributed by atoms with Crippen LogP contribution in [0, 0.1) is 0 Å². The van der Waals surface area contributed by atoms with E-state index in [2.05, 4.69) is 59.4 Å². The number of thiophene rings is 2.